The molecule has 0 aromatic carbocycles. The summed E-state index contributed by atoms with van der Waals surface area (Å²) in [7, 11) is 0. The Hall–Kier alpha value is -1.93. The van der Waals surface area contributed by atoms with Crippen LogP contribution in [0, 0.1) is 23.7 Å². The molecule has 18 heavy (non-hydrogen) atoms. The van der Waals surface area contributed by atoms with Gasteiger partial charge in [-0.15, -0.1) is 0 Å². The lowest BCUT2D eigenvalue weighted by atomic mass is 9.81. The summed E-state index contributed by atoms with van der Waals surface area (Å²) < 4.78 is 5.20. The normalized spacial score (nSPS) is 17.8. The number of aryl methyl sites for hydroxylation is 1. The molecule has 1 amide bonds. The molecule has 1 aliphatic heterocycles. The lowest BCUT2D eigenvalue weighted by molar-refractivity contribution is -0.126. The summed E-state index contributed by atoms with van der Waals surface area (Å²) in [5.41, 5.74) is 0.0298. The zero-order valence-corrected chi connectivity index (χ0v) is 10.3. The quantitative estimate of drug-likeness (QED) is 0.859. The fourth-order valence-corrected chi connectivity index (χ4v) is 1.95. The predicted octanol–water partition coefficient (Wildman–Crippen LogP) is 1.65. The lowest BCUT2D eigenvalue weighted by Gasteiger charge is -2.28. The van der Waals surface area contributed by atoms with E-state index < -0.39 is 5.41 Å². The molecule has 2 heterocycles. The molecule has 94 valence electrons. The Morgan fingerprint density at radius 1 is 1.56 bits per heavy atom. The molecule has 1 saturated heterocycles. The molecule has 1 aromatic heterocycles. The van der Waals surface area contributed by atoms with Crippen LogP contribution in [0.1, 0.15) is 18.4 Å². The van der Waals surface area contributed by atoms with Crippen molar-refractivity contribution in [2.75, 3.05) is 18.5 Å². The number of carbonyl (C=O) groups is 1. The molecule has 0 spiro atoms. The van der Waals surface area contributed by atoms with E-state index in [0.29, 0.717) is 31.9 Å². The number of amides is 1. The summed E-state index contributed by atoms with van der Waals surface area (Å²) in [4.78, 5) is 16.3. The van der Waals surface area contributed by atoms with Gasteiger partial charge < -0.3 is 10.1 Å². The average Bonchev–Trinajstić information content (AvgIpc) is 2.39. The van der Waals surface area contributed by atoms with Crippen molar-refractivity contribution in [2.45, 2.75) is 19.8 Å². The van der Waals surface area contributed by atoms with E-state index in [2.05, 4.69) is 16.4 Å². The summed E-state index contributed by atoms with van der Waals surface area (Å²) in [6, 6.07) is 5.76. The first-order valence-corrected chi connectivity index (χ1v) is 5.89. The second-order valence-corrected chi connectivity index (χ2v) is 4.48. The molecule has 1 N–H and O–H groups in total. The average molecular weight is 245 g/mol. The highest BCUT2D eigenvalue weighted by Gasteiger charge is 2.40. The highest BCUT2D eigenvalue weighted by molar-refractivity contribution is 5.96. The Morgan fingerprint density at radius 2 is 2.28 bits per heavy atom. The van der Waals surface area contributed by atoms with Crippen LogP contribution in [0.4, 0.5) is 5.82 Å². The smallest absolute Gasteiger partial charge is 0.246 e. The molecular formula is C13H15N3O2. The van der Waals surface area contributed by atoms with E-state index in [9.17, 15) is 10.1 Å². The molecule has 0 saturated carbocycles. The monoisotopic (exact) mass is 245 g/mol. The highest BCUT2D eigenvalue weighted by Crippen LogP contribution is 2.31. The van der Waals surface area contributed by atoms with E-state index in [-0.39, 0.29) is 5.91 Å². The predicted molar refractivity (Wildman–Crippen MR) is 65.7 cm³/mol. The van der Waals surface area contributed by atoms with E-state index >= 15 is 0 Å². The van der Waals surface area contributed by atoms with E-state index in [1.807, 2.05) is 13.0 Å². The van der Waals surface area contributed by atoms with Gasteiger partial charge in [0.05, 0.1) is 6.07 Å². The van der Waals surface area contributed by atoms with E-state index in [0.717, 1.165) is 5.56 Å². The highest BCUT2D eigenvalue weighted by atomic mass is 16.5. The third-order valence-corrected chi connectivity index (χ3v) is 3.15. The van der Waals surface area contributed by atoms with Gasteiger partial charge in [-0.25, -0.2) is 4.98 Å². The van der Waals surface area contributed by atoms with Crippen molar-refractivity contribution in [3.05, 3.63) is 23.9 Å². The van der Waals surface area contributed by atoms with Crippen LogP contribution >= 0.6 is 0 Å². The van der Waals surface area contributed by atoms with E-state index in [1.165, 1.54) is 0 Å². The van der Waals surface area contributed by atoms with Crippen LogP contribution in [0.2, 0.25) is 0 Å². The van der Waals surface area contributed by atoms with Crippen molar-refractivity contribution in [1.82, 2.24) is 4.98 Å². The molecule has 1 aliphatic rings. The van der Waals surface area contributed by atoms with Crippen molar-refractivity contribution in [1.29, 1.82) is 5.26 Å². The van der Waals surface area contributed by atoms with Crippen LogP contribution in [0.15, 0.2) is 18.3 Å². The summed E-state index contributed by atoms with van der Waals surface area (Å²) in [5.74, 6) is 0.201. The van der Waals surface area contributed by atoms with Crippen LogP contribution in [0.3, 0.4) is 0 Å². The van der Waals surface area contributed by atoms with Gasteiger partial charge in [0.25, 0.3) is 0 Å². The topological polar surface area (TPSA) is 75.0 Å². The number of carbonyl (C=O) groups excluding carboxylic acids is 1. The van der Waals surface area contributed by atoms with Crippen LogP contribution < -0.4 is 5.32 Å². The zero-order chi connectivity index (χ0) is 13.0. The zero-order valence-electron chi connectivity index (χ0n) is 10.3. The number of nitrogens with zero attached hydrogens (tertiary/aromatic N) is 2. The molecule has 0 radical (unpaired) electrons. The molecule has 2 rings (SSSR count). The SMILES string of the molecule is Cc1ccnc(NC(=O)C2(C#N)CCOCC2)c1. The number of hydrogen-bond donors (Lipinski definition) is 1. The maximum Gasteiger partial charge on any atom is 0.246 e. The Balaban J connectivity index is 2.13. The van der Waals surface area contributed by atoms with Gasteiger partial charge in [-0.1, -0.05) is 0 Å². The van der Waals surface area contributed by atoms with Crippen LogP contribution in [0.5, 0.6) is 0 Å². The number of aromatic nitrogens is 1. The van der Waals surface area contributed by atoms with E-state index in [1.54, 1.807) is 12.3 Å². The molecule has 1 aromatic rings. The van der Waals surface area contributed by atoms with Gasteiger partial charge in [0.15, 0.2) is 0 Å². The number of hydrogen-bond acceptors (Lipinski definition) is 4. The third kappa shape index (κ3) is 2.49. The Morgan fingerprint density at radius 3 is 2.89 bits per heavy atom. The minimum absolute atomic E-state index is 0.286. The number of nitrogens with one attached hydrogen (secondary N) is 1. The molecule has 5 heteroatoms. The Kier molecular flexibility index (Phi) is 3.58. The molecular weight excluding hydrogens is 230 g/mol. The second-order valence-electron chi connectivity index (χ2n) is 4.48. The maximum absolute atomic E-state index is 12.2. The molecule has 5 nitrogen and oxygen atoms in total. The fourth-order valence-electron chi connectivity index (χ4n) is 1.95. The van der Waals surface area contributed by atoms with Crippen molar-refractivity contribution in [3.8, 4) is 6.07 Å². The van der Waals surface area contributed by atoms with Crippen molar-refractivity contribution in [2.24, 2.45) is 5.41 Å². The van der Waals surface area contributed by atoms with Gasteiger partial charge in [0, 0.05) is 19.4 Å². The lowest BCUT2D eigenvalue weighted by Crippen LogP contribution is -2.40. The Bertz CT molecular complexity index is 487. The van der Waals surface area contributed by atoms with Crippen LogP contribution in [-0.4, -0.2) is 24.1 Å². The number of anilines is 1. The van der Waals surface area contributed by atoms with Gasteiger partial charge in [0.1, 0.15) is 11.2 Å². The standard InChI is InChI=1S/C13H15N3O2/c1-10-2-5-15-11(8-10)16-12(17)13(9-14)3-6-18-7-4-13/h2,5,8H,3-4,6-7H2,1H3,(H,15,16,17). The van der Waals surface area contributed by atoms with Gasteiger partial charge in [-0.3, -0.25) is 4.79 Å². The number of nitriles is 1. The largest absolute Gasteiger partial charge is 0.381 e. The summed E-state index contributed by atoms with van der Waals surface area (Å²) in [6.07, 6.45) is 2.50. The maximum atomic E-state index is 12.2. The molecule has 0 bridgehead atoms. The minimum Gasteiger partial charge on any atom is -0.381 e. The molecule has 0 atom stereocenters. The Labute approximate surface area is 106 Å². The van der Waals surface area contributed by atoms with E-state index in [4.69, 9.17) is 4.74 Å². The second kappa shape index (κ2) is 5.15. The van der Waals surface area contributed by atoms with Crippen LogP contribution in [-0.2, 0) is 9.53 Å². The van der Waals surface area contributed by atoms with Crippen LogP contribution in [0.25, 0.3) is 0 Å². The van der Waals surface area contributed by atoms with Crippen molar-refractivity contribution in [3.63, 3.8) is 0 Å². The summed E-state index contributed by atoms with van der Waals surface area (Å²) in [5, 5.41) is 12.0. The molecule has 0 aliphatic carbocycles. The first-order chi connectivity index (χ1) is 8.66. The van der Waals surface area contributed by atoms with Gasteiger partial charge in [-0.2, -0.15) is 5.26 Å². The van der Waals surface area contributed by atoms with Crippen molar-refractivity contribution >= 4 is 11.7 Å². The number of pyridine rings is 1. The molecule has 1 fully saturated rings. The van der Waals surface area contributed by atoms with Gasteiger partial charge >= 0.3 is 0 Å². The molecule has 0 unspecified atom stereocenters. The van der Waals surface area contributed by atoms with Gasteiger partial charge in [0.2, 0.25) is 5.91 Å². The van der Waals surface area contributed by atoms with Gasteiger partial charge in [-0.05, 0) is 37.5 Å². The fraction of sp³-hybridized carbons (Fsp3) is 0.462. The minimum atomic E-state index is -0.982. The summed E-state index contributed by atoms with van der Waals surface area (Å²) in [6.45, 7) is 2.82. The third-order valence-electron chi connectivity index (χ3n) is 3.15. The summed E-state index contributed by atoms with van der Waals surface area (Å²) >= 11 is 0. The van der Waals surface area contributed by atoms with Crippen molar-refractivity contribution < 1.29 is 9.53 Å². The number of ether oxygens (including phenoxy) is 1. The number of rotatable bonds is 2. The first-order valence-electron chi connectivity index (χ1n) is 5.89. The first kappa shape index (κ1) is 12.5.